The number of sulfonamides is 1. The van der Waals surface area contributed by atoms with Crippen LogP contribution in [0.3, 0.4) is 0 Å². The van der Waals surface area contributed by atoms with Gasteiger partial charge in [0.15, 0.2) is 0 Å². The maximum Gasteiger partial charge on any atom is 0.243 e. The van der Waals surface area contributed by atoms with E-state index in [9.17, 15) is 8.42 Å². The molecule has 100 valence electrons. The minimum atomic E-state index is -3.34. The number of hydrogen-bond acceptors (Lipinski definition) is 3. The van der Waals surface area contributed by atoms with Crippen LogP contribution in [-0.4, -0.2) is 32.9 Å². The lowest BCUT2D eigenvalue weighted by molar-refractivity contribution is 0.346. The Morgan fingerprint density at radius 2 is 1.89 bits per heavy atom. The molecule has 1 fully saturated rings. The minimum Gasteiger partial charge on any atom is -0.496 e. The number of nitrogens with zero attached hydrogens (tertiary/aromatic N) is 1. The fourth-order valence-electron chi connectivity index (χ4n) is 2.06. The molecule has 2 rings (SSSR count). The average Bonchev–Trinajstić information content (AvgIpc) is 2.39. The molecule has 0 radical (unpaired) electrons. The summed E-state index contributed by atoms with van der Waals surface area (Å²) in [5, 5.41) is 0. The summed E-state index contributed by atoms with van der Waals surface area (Å²) >= 11 is 2.09. The van der Waals surface area contributed by atoms with Gasteiger partial charge in [0.25, 0.3) is 0 Å². The van der Waals surface area contributed by atoms with E-state index >= 15 is 0 Å². The van der Waals surface area contributed by atoms with Gasteiger partial charge in [0.2, 0.25) is 10.0 Å². The molecule has 1 saturated heterocycles. The van der Waals surface area contributed by atoms with Crippen LogP contribution in [-0.2, 0) is 10.0 Å². The van der Waals surface area contributed by atoms with Crippen LogP contribution >= 0.6 is 22.6 Å². The molecule has 0 atom stereocenters. The number of rotatable bonds is 3. The van der Waals surface area contributed by atoms with Crippen molar-refractivity contribution in [1.82, 2.24) is 4.31 Å². The molecule has 0 amide bonds. The van der Waals surface area contributed by atoms with Gasteiger partial charge in [-0.05, 0) is 53.6 Å². The maximum atomic E-state index is 12.4. The second-order valence-electron chi connectivity index (χ2n) is 4.26. The lowest BCUT2D eigenvalue weighted by Gasteiger charge is -2.26. The largest absolute Gasteiger partial charge is 0.496 e. The van der Waals surface area contributed by atoms with Gasteiger partial charge in [-0.25, -0.2) is 8.42 Å². The van der Waals surface area contributed by atoms with Gasteiger partial charge in [-0.1, -0.05) is 6.42 Å². The lowest BCUT2D eigenvalue weighted by Crippen LogP contribution is -2.35. The normalized spacial score (nSPS) is 17.7. The summed E-state index contributed by atoms with van der Waals surface area (Å²) in [6.45, 7) is 1.26. The molecule has 1 aromatic carbocycles. The third-order valence-electron chi connectivity index (χ3n) is 3.08. The molecular formula is C12H16INO3S. The fraction of sp³-hybridized carbons (Fsp3) is 0.500. The number of halogens is 1. The second-order valence-corrected chi connectivity index (χ2v) is 7.36. The first-order valence-electron chi connectivity index (χ1n) is 5.89. The monoisotopic (exact) mass is 381 g/mol. The molecule has 1 aliphatic rings. The van der Waals surface area contributed by atoms with E-state index in [1.807, 2.05) is 0 Å². The first kappa shape index (κ1) is 14.1. The van der Waals surface area contributed by atoms with Crippen LogP contribution in [0.25, 0.3) is 0 Å². The van der Waals surface area contributed by atoms with Crippen LogP contribution in [0.15, 0.2) is 23.1 Å². The average molecular weight is 381 g/mol. The van der Waals surface area contributed by atoms with Crippen molar-refractivity contribution in [3.8, 4) is 5.75 Å². The van der Waals surface area contributed by atoms with E-state index in [0.29, 0.717) is 23.7 Å². The lowest BCUT2D eigenvalue weighted by atomic mass is 10.2. The highest BCUT2D eigenvalue weighted by molar-refractivity contribution is 14.1. The van der Waals surface area contributed by atoms with E-state index in [0.717, 1.165) is 22.8 Å². The molecule has 1 aliphatic heterocycles. The number of methoxy groups -OCH3 is 1. The van der Waals surface area contributed by atoms with Crippen molar-refractivity contribution in [2.24, 2.45) is 0 Å². The predicted octanol–water partition coefficient (Wildman–Crippen LogP) is 2.47. The Kier molecular flexibility index (Phi) is 4.50. The van der Waals surface area contributed by atoms with E-state index < -0.39 is 10.0 Å². The molecular weight excluding hydrogens is 365 g/mol. The Labute approximate surface area is 122 Å². The molecule has 0 aromatic heterocycles. The number of piperidine rings is 1. The van der Waals surface area contributed by atoms with Gasteiger partial charge in [-0.3, -0.25) is 0 Å². The summed E-state index contributed by atoms with van der Waals surface area (Å²) in [7, 11) is -1.76. The Balaban J connectivity index is 2.32. The minimum absolute atomic E-state index is 0.356. The third kappa shape index (κ3) is 2.80. The van der Waals surface area contributed by atoms with Crippen molar-refractivity contribution in [2.75, 3.05) is 20.2 Å². The van der Waals surface area contributed by atoms with Crippen LogP contribution in [0.4, 0.5) is 0 Å². The van der Waals surface area contributed by atoms with Crippen LogP contribution in [0, 0.1) is 3.57 Å². The summed E-state index contributed by atoms with van der Waals surface area (Å²) < 4.78 is 32.4. The summed E-state index contributed by atoms with van der Waals surface area (Å²) in [5.74, 6) is 0.702. The molecule has 0 unspecified atom stereocenters. The van der Waals surface area contributed by atoms with E-state index in [-0.39, 0.29) is 0 Å². The van der Waals surface area contributed by atoms with Crippen molar-refractivity contribution >= 4 is 32.6 Å². The number of benzene rings is 1. The van der Waals surface area contributed by atoms with Crippen molar-refractivity contribution in [1.29, 1.82) is 0 Å². The van der Waals surface area contributed by atoms with Crippen LogP contribution in [0.1, 0.15) is 19.3 Å². The molecule has 18 heavy (non-hydrogen) atoms. The van der Waals surface area contributed by atoms with Crippen molar-refractivity contribution in [2.45, 2.75) is 24.2 Å². The zero-order chi connectivity index (χ0) is 13.2. The van der Waals surface area contributed by atoms with Crippen molar-refractivity contribution in [3.05, 3.63) is 21.8 Å². The Hall–Kier alpha value is -0.340. The Morgan fingerprint density at radius 1 is 1.22 bits per heavy atom. The molecule has 6 heteroatoms. The quantitative estimate of drug-likeness (QED) is 0.756. The highest BCUT2D eigenvalue weighted by Crippen LogP contribution is 2.26. The van der Waals surface area contributed by atoms with Crippen LogP contribution < -0.4 is 4.74 Å². The summed E-state index contributed by atoms with van der Waals surface area (Å²) in [6.07, 6.45) is 3.02. The Bertz CT molecular complexity index is 524. The molecule has 0 saturated carbocycles. The number of hydrogen-bond donors (Lipinski definition) is 0. The first-order chi connectivity index (χ1) is 8.55. The first-order valence-corrected chi connectivity index (χ1v) is 8.41. The van der Waals surface area contributed by atoms with Crippen LogP contribution in [0.5, 0.6) is 5.75 Å². The number of ether oxygens (including phenoxy) is 1. The molecule has 0 N–H and O–H groups in total. The zero-order valence-corrected chi connectivity index (χ0v) is 13.2. The SMILES string of the molecule is COc1ccc(S(=O)(=O)N2CCCCC2)cc1I. The van der Waals surface area contributed by atoms with Gasteiger partial charge in [0, 0.05) is 13.1 Å². The fourth-order valence-corrected chi connectivity index (χ4v) is 4.55. The van der Waals surface area contributed by atoms with E-state index in [1.54, 1.807) is 29.6 Å². The molecule has 0 spiro atoms. The van der Waals surface area contributed by atoms with Crippen molar-refractivity contribution < 1.29 is 13.2 Å². The summed E-state index contributed by atoms with van der Waals surface area (Å²) in [4.78, 5) is 0.356. The third-order valence-corrected chi connectivity index (χ3v) is 5.81. The van der Waals surface area contributed by atoms with Gasteiger partial charge in [0.05, 0.1) is 15.6 Å². The van der Waals surface area contributed by atoms with Gasteiger partial charge >= 0.3 is 0 Å². The van der Waals surface area contributed by atoms with Gasteiger partial charge in [-0.15, -0.1) is 0 Å². The van der Waals surface area contributed by atoms with E-state index in [4.69, 9.17) is 4.74 Å². The highest BCUT2D eigenvalue weighted by atomic mass is 127. The molecule has 0 aliphatic carbocycles. The maximum absolute atomic E-state index is 12.4. The predicted molar refractivity (Wildman–Crippen MR) is 78.3 cm³/mol. The van der Waals surface area contributed by atoms with Gasteiger partial charge in [-0.2, -0.15) is 4.31 Å². The highest BCUT2D eigenvalue weighted by Gasteiger charge is 2.26. The molecule has 1 aromatic rings. The topological polar surface area (TPSA) is 46.6 Å². The van der Waals surface area contributed by atoms with Gasteiger partial charge < -0.3 is 4.74 Å². The van der Waals surface area contributed by atoms with E-state index in [1.165, 1.54) is 0 Å². The van der Waals surface area contributed by atoms with Gasteiger partial charge in [0.1, 0.15) is 5.75 Å². The molecule has 0 bridgehead atoms. The standard InChI is InChI=1S/C12H16INO3S/c1-17-12-6-5-10(9-11(12)13)18(15,16)14-7-3-2-4-8-14/h5-6,9H,2-4,7-8H2,1H3. The summed E-state index contributed by atoms with van der Waals surface area (Å²) in [5.41, 5.74) is 0. The molecule has 1 heterocycles. The zero-order valence-electron chi connectivity index (χ0n) is 10.2. The van der Waals surface area contributed by atoms with Crippen molar-refractivity contribution in [3.63, 3.8) is 0 Å². The molecule has 4 nitrogen and oxygen atoms in total. The van der Waals surface area contributed by atoms with E-state index in [2.05, 4.69) is 22.6 Å². The summed E-state index contributed by atoms with van der Waals surface area (Å²) in [6, 6.07) is 4.99. The van der Waals surface area contributed by atoms with Crippen LogP contribution in [0.2, 0.25) is 0 Å². The second kappa shape index (κ2) is 5.75. The smallest absolute Gasteiger partial charge is 0.243 e. The Morgan fingerprint density at radius 3 is 2.44 bits per heavy atom.